The van der Waals surface area contributed by atoms with E-state index in [-0.39, 0.29) is 5.41 Å². The minimum Gasteiger partial charge on any atom is -0.306 e. The van der Waals surface area contributed by atoms with E-state index in [1.807, 2.05) is 0 Å². The Kier molecular flexibility index (Phi) is 5.25. The van der Waals surface area contributed by atoms with Gasteiger partial charge in [0.1, 0.15) is 0 Å². The molecule has 3 nitrogen and oxygen atoms in total. The molecular weight excluding hydrogens is 246 g/mol. The second-order valence-electron chi connectivity index (χ2n) is 7.41. The molecule has 114 valence electrons. The minimum atomic E-state index is 0.205. The van der Waals surface area contributed by atoms with Crippen molar-refractivity contribution in [2.24, 2.45) is 0 Å². The van der Waals surface area contributed by atoms with Gasteiger partial charge in [0.2, 0.25) is 0 Å². The Bertz CT molecular complexity index is 391. The van der Waals surface area contributed by atoms with Gasteiger partial charge in [-0.1, -0.05) is 33.6 Å². The Hall–Kier alpha value is -0.830. The molecule has 0 radical (unpaired) electrons. The molecule has 0 saturated carbocycles. The Morgan fingerprint density at radius 2 is 1.65 bits per heavy atom. The highest BCUT2D eigenvalue weighted by atomic mass is 15.3. The molecule has 1 aromatic heterocycles. The summed E-state index contributed by atoms with van der Waals surface area (Å²) in [5, 5.41) is 4.65. The summed E-state index contributed by atoms with van der Waals surface area (Å²) in [5.41, 5.74) is 1.56. The van der Waals surface area contributed by atoms with Gasteiger partial charge in [0.05, 0.1) is 12.2 Å². The van der Waals surface area contributed by atoms with Crippen LogP contribution in [-0.4, -0.2) is 34.8 Å². The second-order valence-corrected chi connectivity index (χ2v) is 7.41. The first-order chi connectivity index (χ1) is 9.47. The summed E-state index contributed by atoms with van der Waals surface area (Å²) in [7, 11) is 2.25. The molecule has 1 saturated heterocycles. The minimum absolute atomic E-state index is 0.205. The summed E-state index contributed by atoms with van der Waals surface area (Å²) in [5.74, 6) is 0. The average molecular weight is 277 g/mol. The normalized spacial score (nSPS) is 21.0. The van der Waals surface area contributed by atoms with Crippen LogP contribution in [0.1, 0.15) is 70.9 Å². The van der Waals surface area contributed by atoms with Gasteiger partial charge in [-0.3, -0.25) is 4.68 Å². The van der Waals surface area contributed by atoms with Crippen molar-refractivity contribution in [3.8, 4) is 0 Å². The molecule has 0 amide bonds. The number of hydrogen-bond acceptors (Lipinski definition) is 2. The predicted molar refractivity (Wildman–Crippen MR) is 85.2 cm³/mol. The van der Waals surface area contributed by atoms with Gasteiger partial charge in [0, 0.05) is 6.20 Å². The fourth-order valence-corrected chi connectivity index (χ4v) is 2.97. The molecule has 1 aliphatic heterocycles. The summed E-state index contributed by atoms with van der Waals surface area (Å²) >= 11 is 0. The van der Waals surface area contributed by atoms with Crippen LogP contribution in [0, 0.1) is 0 Å². The lowest BCUT2D eigenvalue weighted by atomic mass is 9.90. The zero-order valence-electron chi connectivity index (χ0n) is 13.7. The lowest BCUT2D eigenvalue weighted by molar-refractivity contribution is 0.280. The van der Waals surface area contributed by atoms with E-state index in [9.17, 15) is 0 Å². The molecule has 2 rings (SSSR count). The van der Waals surface area contributed by atoms with Crippen molar-refractivity contribution in [2.75, 3.05) is 20.1 Å². The highest BCUT2D eigenvalue weighted by molar-refractivity contribution is 5.15. The molecule has 1 aliphatic rings. The number of nitrogens with zero attached hydrogens (tertiary/aromatic N) is 3. The van der Waals surface area contributed by atoms with Gasteiger partial charge in [-0.2, -0.15) is 5.10 Å². The summed E-state index contributed by atoms with van der Waals surface area (Å²) in [4.78, 5) is 2.48. The average Bonchev–Trinajstić information content (AvgIpc) is 2.86. The van der Waals surface area contributed by atoms with Crippen molar-refractivity contribution in [2.45, 2.75) is 70.8 Å². The standard InChI is InChI=1S/C17H31N3/c1-17(2,3)15-13-18-20(14-15)16-9-5-7-11-19(4)12-8-6-10-16/h13-14,16H,5-12H2,1-4H3. The molecule has 0 bridgehead atoms. The fourth-order valence-electron chi connectivity index (χ4n) is 2.97. The number of rotatable bonds is 1. The first kappa shape index (κ1) is 15.6. The highest BCUT2D eigenvalue weighted by Crippen LogP contribution is 2.26. The molecule has 0 aromatic carbocycles. The molecule has 0 N–H and O–H groups in total. The smallest absolute Gasteiger partial charge is 0.0527 e. The van der Waals surface area contributed by atoms with Gasteiger partial charge in [-0.25, -0.2) is 0 Å². The van der Waals surface area contributed by atoms with Crippen LogP contribution in [0.25, 0.3) is 0 Å². The van der Waals surface area contributed by atoms with E-state index in [1.165, 1.54) is 57.2 Å². The molecule has 0 unspecified atom stereocenters. The van der Waals surface area contributed by atoms with Crippen LogP contribution >= 0.6 is 0 Å². The number of hydrogen-bond donors (Lipinski definition) is 0. The van der Waals surface area contributed by atoms with Gasteiger partial charge >= 0.3 is 0 Å². The van der Waals surface area contributed by atoms with Crippen molar-refractivity contribution >= 4 is 0 Å². The summed E-state index contributed by atoms with van der Waals surface area (Å²) < 4.78 is 2.24. The van der Waals surface area contributed by atoms with E-state index >= 15 is 0 Å². The van der Waals surface area contributed by atoms with Crippen LogP contribution in [0.4, 0.5) is 0 Å². The largest absolute Gasteiger partial charge is 0.306 e. The maximum absolute atomic E-state index is 4.65. The summed E-state index contributed by atoms with van der Waals surface area (Å²) in [6, 6.07) is 0.606. The first-order valence-electron chi connectivity index (χ1n) is 8.20. The van der Waals surface area contributed by atoms with Crippen LogP contribution in [0.2, 0.25) is 0 Å². The molecule has 0 atom stereocenters. The maximum Gasteiger partial charge on any atom is 0.0527 e. The monoisotopic (exact) mass is 277 g/mol. The quantitative estimate of drug-likeness (QED) is 0.773. The zero-order valence-corrected chi connectivity index (χ0v) is 13.7. The van der Waals surface area contributed by atoms with Crippen LogP contribution in [0.15, 0.2) is 12.4 Å². The van der Waals surface area contributed by atoms with E-state index in [1.54, 1.807) is 0 Å². The van der Waals surface area contributed by atoms with E-state index in [0.29, 0.717) is 6.04 Å². The number of aromatic nitrogens is 2. The van der Waals surface area contributed by atoms with Crippen molar-refractivity contribution in [3.05, 3.63) is 18.0 Å². The van der Waals surface area contributed by atoms with Crippen LogP contribution in [0.5, 0.6) is 0 Å². The van der Waals surface area contributed by atoms with Crippen molar-refractivity contribution in [1.82, 2.24) is 14.7 Å². The van der Waals surface area contributed by atoms with Crippen LogP contribution in [-0.2, 0) is 5.41 Å². The predicted octanol–water partition coefficient (Wildman–Crippen LogP) is 4.01. The van der Waals surface area contributed by atoms with Crippen molar-refractivity contribution < 1.29 is 0 Å². The first-order valence-corrected chi connectivity index (χ1v) is 8.20. The molecule has 2 heterocycles. The van der Waals surface area contributed by atoms with Crippen molar-refractivity contribution in [1.29, 1.82) is 0 Å². The Balaban J connectivity index is 2.00. The zero-order chi connectivity index (χ0) is 14.6. The van der Waals surface area contributed by atoms with E-state index in [2.05, 4.69) is 54.9 Å². The molecule has 0 spiro atoms. The SMILES string of the molecule is CN1CCCCC(n2cc(C(C)(C)C)cn2)CCCC1. The lowest BCUT2D eigenvalue weighted by Crippen LogP contribution is -2.22. The highest BCUT2D eigenvalue weighted by Gasteiger charge is 2.19. The maximum atomic E-state index is 4.65. The van der Waals surface area contributed by atoms with E-state index < -0.39 is 0 Å². The molecule has 0 aliphatic carbocycles. The molecule has 1 fully saturated rings. The molecule has 3 heteroatoms. The van der Waals surface area contributed by atoms with Crippen LogP contribution in [0.3, 0.4) is 0 Å². The van der Waals surface area contributed by atoms with Crippen LogP contribution < -0.4 is 0 Å². The van der Waals surface area contributed by atoms with E-state index in [4.69, 9.17) is 0 Å². The van der Waals surface area contributed by atoms with Gasteiger partial charge in [-0.15, -0.1) is 0 Å². The lowest BCUT2D eigenvalue weighted by Gasteiger charge is -2.23. The van der Waals surface area contributed by atoms with Gasteiger partial charge in [-0.05, 0) is 56.8 Å². The van der Waals surface area contributed by atoms with Gasteiger partial charge < -0.3 is 4.90 Å². The molecule has 1 aromatic rings. The topological polar surface area (TPSA) is 21.1 Å². The van der Waals surface area contributed by atoms with Crippen molar-refractivity contribution in [3.63, 3.8) is 0 Å². The third kappa shape index (κ3) is 4.34. The summed E-state index contributed by atoms with van der Waals surface area (Å²) in [6.07, 6.45) is 12.2. The molecular formula is C17H31N3. The van der Waals surface area contributed by atoms with Gasteiger partial charge in [0.15, 0.2) is 0 Å². The molecule has 20 heavy (non-hydrogen) atoms. The Morgan fingerprint density at radius 3 is 2.15 bits per heavy atom. The third-order valence-electron chi connectivity index (χ3n) is 4.50. The van der Waals surface area contributed by atoms with E-state index in [0.717, 1.165) is 0 Å². The summed E-state index contributed by atoms with van der Waals surface area (Å²) in [6.45, 7) is 9.28. The Labute approximate surface area is 124 Å². The second kappa shape index (κ2) is 6.75. The van der Waals surface area contributed by atoms with Gasteiger partial charge in [0.25, 0.3) is 0 Å². The fraction of sp³-hybridized carbons (Fsp3) is 0.824. The Morgan fingerprint density at radius 1 is 1.05 bits per heavy atom. The third-order valence-corrected chi connectivity index (χ3v) is 4.50.